The Labute approximate surface area is 198 Å². The van der Waals surface area contributed by atoms with Gasteiger partial charge in [-0.1, -0.05) is 73.3 Å². The highest BCUT2D eigenvalue weighted by Gasteiger charge is 2.17. The van der Waals surface area contributed by atoms with Gasteiger partial charge < -0.3 is 4.90 Å². The molecule has 168 valence electrons. The van der Waals surface area contributed by atoms with E-state index in [1.807, 2.05) is 41.9 Å². The average Bonchev–Trinajstić information content (AvgIpc) is 3.26. The smallest absolute Gasteiger partial charge is 0.233 e. The first-order chi connectivity index (χ1) is 16.1. The molecule has 4 rings (SSSR count). The fourth-order valence-electron chi connectivity index (χ4n) is 3.49. The van der Waals surface area contributed by atoms with Crippen molar-refractivity contribution < 1.29 is 4.79 Å². The third-order valence-corrected chi connectivity index (χ3v) is 6.37. The van der Waals surface area contributed by atoms with Crippen LogP contribution in [0.1, 0.15) is 23.6 Å². The molecule has 0 saturated heterocycles. The first kappa shape index (κ1) is 22.7. The Bertz CT molecular complexity index is 1180. The van der Waals surface area contributed by atoms with E-state index in [1.165, 1.54) is 17.3 Å². The van der Waals surface area contributed by atoms with Crippen molar-refractivity contribution in [2.24, 2.45) is 0 Å². The number of hydrogen-bond donors (Lipinski definition) is 0. The molecule has 1 amide bonds. The van der Waals surface area contributed by atoms with Gasteiger partial charge in [0.05, 0.1) is 12.3 Å². The van der Waals surface area contributed by atoms with Crippen molar-refractivity contribution in [1.29, 1.82) is 0 Å². The van der Waals surface area contributed by atoms with Crippen LogP contribution in [0.2, 0.25) is 0 Å². The number of aromatic nitrogens is 4. The molecule has 0 aliphatic heterocycles. The van der Waals surface area contributed by atoms with E-state index in [0.29, 0.717) is 24.0 Å². The summed E-state index contributed by atoms with van der Waals surface area (Å²) < 4.78 is 2.05. The van der Waals surface area contributed by atoms with Crippen LogP contribution in [0, 0.1) is 0 Å². The number of amides is 1. The van der Waals surface area contributed by atoms with E-state index in [1.54, 1.807) is 17.3 Å². The number of hydrogen-bond acceptors (Lipinski definition) is 5. The summed E-state index contributed by atoms with van der Waals surface area (Å²) in [5.74, 6) is 1.09. The highest BCUT2D eigenvalue weighted by Crippen LogP contribution is 2.25. The molecule has 0 aliphatic rings. The van der Waals surface area contributed by atoms with Gasteiger partial charge in [-0.3, -0.25) is 14.3 Å². The van der Waals surface area contributed by atoms with Gasteiger partial charge in [0, 0.05) is 31.5 Å². The lowest BCUT2D eigenvalue weighted by Gasteiger charge is -2.17. The third kappa shape index (κ3) is 5.87. The predicted molar refractivity (Wildman–Crippen MR) is 132 cm³/mol. The van der Waals surface area contributed by atoms with E-state index in [-0.39, 0.29) is 5.91 Å². The van der Waals surface area contributed by atoms with Gasteiger partial charge in [0.25, 0.3) is 0 Å². The summed E-state index contributed by atoms with van der Waals surface area (Å²) in [6, 6.07) is 22.4. The van der Waals surface area contributed by atoms with E-state index < -0.39 is 0 Å². The fourth-order valence-corrected chi connectivity index (χ4v) is 4.37. The molecule has 2 aromatic heterocycles. The standard InChI is InChI=1S/C26H27N5OS/c1-3-20-11-13-22(14-12-20)17-30(2)24(32)19-33-26-29-28-25(23-10-7-15-27-16-23)31(26)18-21-8-5-4-6-9-21/h4-16H,3,17-19H2,1-2H3. The Balaban J connectivity index is 1.47. The maximum atomic E-state index is 12.8. The molecular weight excluding hydrogens is 430 g/mol. The number of thioether (sulfide) groups is 1. The quantitative estimate of drug-likeness (QED) is 0.341. The minimum Gasteiger partial charge on any atom is -0.341 e. The van der Waals surface area contributed by atoms with Gasteiger partial charge in [-0.25, -0.2) is 0 Å². The molecule has 0 N–H and O–H groups in total. The number of carbonyl (C=O) groups is 1. The van der Waals surface area contributed by atoms with Crippen molar-refractivity contribution >= 4 is 17.7 Å². The van der Waals surface area contributed by atoms with E-state index in [2.05, 4.69) is 58.5 Å². The summed E-state index contributed by atoms with van der Waals surface area (Å²) in [6.07, 6.45) is 4.53. The molecule has 0 saturated carbocycles. The Morgan fingerprint density at radius 2 is 1.70 bits per heavy atom. The Morgan fingerprint density at radius 1 is 0.939 bits per heavy atom. The highest BCUT2D eigenvalue weighted by molar-refractivity contribution is 7.99. The molecule has 6 nitrogen and oxygen atoms in total. The van der Waals surface area contributed by atoms with Gasteiger partial charge in [0.15, 0.2) is 11.0 Å². The van der Waals surface area contributed by atoms with Gasteiger partial charge in [-0.05, 0) is 35.2 Å². The van der Waals surface area contributed by atoms with Gasteiger partial charge in [-0.2, -0.15) is 0 Å². The van der Waals surface area contributed by atoms with Crippen LogP contribution in [0.5, 0.6) is 0 Å². The average molecular weight is 458 g/mol. The van der Waals surface area contributed by atoms with Gasteiger partial charge in [0.1, 0.15) is 0 Å². The number of carbonyl (C=O) groups excluding carboxylic acids is 1. The second kappa shape index (κ2) is 10.9. The number of aryl methyl sites for hydroxylation is 1. The zero-order valence-electron chi connectivity index (χ0n) is 18.9. The predicted octanol–water partition coefficient (Wildman–Crippen LogP) is 4.70. The zero-order valence-corrected chi connectivity index (χ0v) is 19.7. The summed E-state index contributed by atoms with van der Waals surface area (Å²) in [5, 5.41) is 9.53. The normalized spacial score (nSPS) is 10.8. The van der Waals surface area contributed by atoms with Crippen molar-refractivity contribution in [3.05, 3.63) is 95.8 Å². The lowest BCUT2D eigenvalue weighted by molar-refractivity contribution is -0.127. The molecule has 0 aliphatic carbocycles. The number of pyridine rings is 1. The Morgan fingerprint density at radius 3 is 2.39 bits per heavy atom. The molecule has 2 aromatic carbocycles. The van der Waals surface area contributed by atoms with Crippen LogP contribution >= 0.6 is 11.8 Å². The summed E-state index contributed by atoms with van der Waals surface area (Å²) in [7, 11) is 1.84. The van der Waals surface area contributed by atoms with Gasteiger partial charge in [-0.15, -0.1) is 10.2 Å². The zero-order chi connectivity index (χ0) is 23.0. The SMILES string of the molecule is CCc1ccc(CN(C)C(=O)CSc2nnc(-c3cccnc3)n2Cc2ccccc2)cc1. The van der Waals surface area contributed by atoms with Crippen LogP contribution < -0.4 is 0 Å². The van der Waals surface area contributed by atoms with Crippen molar-refractivity contribution in [3.8, 4) is 11.4 Å². The summed E-state index contributed by atoms with van der Waals surface area (Å²) in [6.45, 7) is 3.34. The third-order valence-electron chi connectivity index (χ3n) is 5.42. The molecule has 4 aromatic rings. The molecule has 33 heavy (non-hydrogen) atoms. The highest BCUT2D eigenvalue weighted by atomic mass is 32.2. The van der Waals surface area contributed by atoms with E-state index >= 15 is 0 Å². The molecule has 7 heteroatoms. The number of benzene rings is 2. The first-order valence-corrected chi connectivity index (χ1v) is 11.9. The lowest BCUT2D eigenvalue weighted by Crippen LogP contribution is -2.28. The second-order valence-corrected chi connectivity index (χ2v) is 8.77. The summed E-state index contributed by atoms with van der Waals surface area (Å²) in [5.41, 5.74) is 4.46. The topological polar surface area (TPSA) is 63.9 Å². The van der Waals surface area contributed by atoms with E-state index in [0.717, 1.165) is 28.9 Å². The molecule has 0 bridgehead atoms. The van der Waals surface area contributed by atoms with Gasteiger partial charge in [0.2, 0.25) is 5.91 Å². The van der Waals surface area contributed by atoms with Gasteiger partial charge >= 0.3 is 0 Å². The fraction of sp³-hybridized carbons (Fsp3) is 0.231. The summed E-state index contributed by atoms with van der Waals surface area (Å²) >= 11 is 1.41. The Kier molecular flexibility index (Phi) is 7.52. The molecule has 0 fully saturated rings. The molecule has 0 spiro atoms. The molecule has 0 atom stereocenters. The minimum atomic E-state index is 0.0526. The van der Waals surface area contributed by atoms with Crippen molar-refractivity contribution in [2.45, 2.75) is 31.6 Å². The number of nitrogens with zero attached hydrogens (tertiary/aromatic N) is 5. The number of rotatable bonds is 9. The minimum absolute atomic E-state index is 0.0526. The van der Waals surface area contributed by atoms with Crippen LogP contribution in [0.3, 0.4) is 0 Å². The van der Waals surface area contributed by atoms with Crippen LogP contribution in [0.4, 0.5) is 0 Å². The van der Waals surface area contributed by atoms with Crippen LogP contribution in [-0.4, -0.2) is 43.4 Å². The maximum absolute atomic E-state index is 12.8. The van der Waals surface area contributed by atoms with Crippen LogP contribution in [0.15, 0.2) is 84.3 Å². The largest absolute Gasteiger partial charge is 0.341 e. The monoisotopic (exact) mass is 457 g/mol. The van der Waals surface area contributed by atoms with Crippen molar-refractivity contribution in [2.75, 3.05) is 12.8 Å². The lowest BCUT2D eigenvalue weighted by atomic mass is 10.1. The summed E-state index contributed by atoms with van der Waals surface area (Å²) in [4.78, 5) is 18.8. The Hall–Kier alpha value is -3.45. The molecular formula is C26H27N5OS. The second-order valence-electron chi connectivity index (χ2n) is 7.83. The van der Waals surface area contributed by atoms with E-state index in [4.69, 9.17) is 0 Å². The molecule has 0 radical (unpaired) electrons. The van der Waals surface area contributed by atoms with Crippen molar-refractivity contribution in [1.82, 2.24) is 24.6 Å². The van der Waals surface area contributed by atoms with Crippen molar-refractivity contribution in [3.63, 3.8) is 0 Å². The first-order valence-electron chi connectivity index (χ1n) is 11.0. The maximum Gasteiger partial charge on any atom is 0.233 e. The molecule has 2 heterocycles. The molecule has 0 unspecified atom stereocenters. The van der Waals surface area contributed by atoms with E-state index in [9.17, 15) is 4.79 Å². The van der Waals surface area contributed by atoms with Crippen LogP contribution in [0.25, 0.3) is 11.4 Å². The van der Waals surface area contributed by atoms with Crippen LogP contribution in [-0.2, 0) is 24.3 Å².